The standard InChI is InChI=1S/C16H24N4/c1-20-16-9-5-4-8-14(16)15(19-20)11-13(18-17)10-12-6-2-3-7-12/h4-5,8-9,12-13,18H,2-3,6-7,10-11,17H2,1H3. The molecule has 3 rings (SSSR count). The van der Waals surface area contributed by atoms with Crippen LogP contribution in [0, 0.1) is 5.92 Å². The lowest BCUT2D eigenvalue weighted by atomic mass is 9.95. The van der Waals surface area contributed by atoms with E-state index >= 15 is 0 Å². The van der Waals surface area contributed by atoms with Crippen LogP contribution in [0.1, 0.15) is 37.8 Å². The minimum absolute atomic E-state index is 0.330. The molecule has 0 aliphatic heterocycles. The number of para-hydroxylation sites is 1. The summed E-state index contributed by atoms with van der Waals surface area (Å²) < 4.78 is 1.97. The summed E-state index contributed by atoms with van der Waals surface area (Å²) in [6, 6.07) is 8.74. The van der Waals surface area contributed by atoms with Crippen molar-refractivity contribution in [2.24, 2.45) is 18.8 Å². The first-order chi connectivity index (χ1) is 9.78. The smallest absolute Gasteiger partial charge is 0.0719 e. The number of nitrogens with one attached hydrogen (secondary N) is 1. The number of aromatic nitrogens is 2. The van der Waals surface area contributed by atoms with Gasteiger partial charge < -0.3 is 0 Å². The number of aryl methyl sites for hydroxylation is 1. The minimum atomic E-state index is 0.330. The fraction of sp³-hybridized carbons (Fsp3) is 0.562. The van der Waals surface area contributed by atoms with Crippen molar-refractivity contribution >= 4 is 10.9 Å². The van der Waals surface area contributed by atoms with E-state index in [1.54, 1.807) is 0 Å². The van der Waals surface area contributed by atoms with E-state index in [0.29, 0.717) is 6.04 Å². The lowest BCUT2D eigenvalue weighted by Crippen LogP contribution is -2.38. The monoisotopic (exact) mass is 272 g/mol. The molecule has 0 spiro atoms. The maximum absolute atomic E-state index is 5.77. The van der Waals surface area contributed by atoms with Gasteiger partial charge in [-0.2, -0.15) is 5.10 Å². The predicted molar refractivity (Wildman–Crippen MR) is 82.1 cm³/mol. The topological polar surface area (TPSA) is 55.9 Å². The van der Waals surface area contributed by atoms with Crippen LogP contribution in [0.15, 0.2) is 24.3 Å². The van der Waals surface area contributed by atoms with Crippen molar-refractivity contribution < 1.29 is 0 Å². The molecule has 20 heavy (non-hydrogen) atoms. The number of nitrogens with two attached hydrogens (primary N) is 1. The van der Waals surface area contributed by atoms with E-state index in [2.05, 4.69) is 34.8 Å². The van der Waals surface area contributed by atoms with Crippen molar-refractivity contribution in [2.75, 3.05) is 0 Å². The van der Waals surface area contributed by atoms with Crippen molar-refractivity contribution in [3.05, 3.63) is 30.0 Å². The number of benzene rings is 1. The molecule has 2 aromatic rings. The van der Waals surface area contributed by atoms with Gasteiger partial charge in [0, 0.05) is 24.9 Å². The Hall–Kier alpha value is -1.39. The molecule has 1 aromatic carbocycles. The highest BCUT2D eigenvalue weighted by molar-refractivity contribution is 5.81. The normalized spacial score (nSPS) is 17.9. The Kier molecular flexibility index (Phi) is 4.03. The van der Waals surface area contributed by atoms with Crippen LogP contribution in [0.25, 0.3) is 10.9 Å². The molecular weight excluding hydrogens is 248 g/mol. The molecule has 0 bridgehead atoms. The van der Waals surface area contributed by atoms with E-state index in [0.717, 1.165) is 18.0 Å². The summed E-state index contributed by atoms with van der Waals surface area (Å²) in [6.45, 7) is 0. The van der Waals surface area contributed by atoms with Crippen LogP contribution in [-0.4, -0.2) is 15.8 Å². The molecule has 1 aromatic heterocycles. The zero-order chi connectivity index (χ0) is 13.9. The molecule has 1 unspecified atom stereocenters. The number of nitrogens with zero attached hydrogens (tertiary/aromatic N) is 2. The minimum Gasteiger partial charge on any atom is -0.271 e. The van der Waals surface area contributed by atoms with Gasteiger partial charge in [-0.1, -0.05) is 43.9 Å². The van der Waals surface area contributed by atoms with Crippen molar-refractivity contribution in [1.29, 1.82) is 0 Å². The van der Waals surface area contributed by atoms with Gasteiger partial charge in [0.15, 0.2) is 0 Å². The summed E-state index contributed by atoms with van der Waals surface area (Å²) in [5.74, 6) is 6.60. The molecule has 1 fully saturated rings. The SMILES string of the molecule is Cn1nc(CC(CC2CCCC2)NN)c2ccccc21. The molecular formula is C16H24N4. The molecule has 4 heteroatoms. The van der Waals surface area contributed by atoms with Crippen molar-refractivity contribution in [2.45, 2.75) is 44.6 Å². The van der Waals surface area contributed by atoms with Gasteiger partial charge in [-0.3, -0.25) is 16.0 Å². The first kappa shape index (κ1) is 13.6. The third-order valence-electron chi connectivity index (χ3n) is 4.60. The summed E-state index contributed by atoms with van der Waals surface area (Å²) in [5, 5.41) is 5.92. The van der Waals surface area contributed by atoms with E-state index < -0.39 is 0 Å². The van der Waals surface area contributed by atoms with Crippen molar-refractivity contribution in [3.8, 4) is 0 Å². The first-order valence-electron chi connectivity index (χ1n) is 7.64. The van der Waals surface area contributed by atoms with Crippen LogP contribution in [-0.2, 0) is 13.5 Å². The quantitative estimate of drug-likeness (QED) is 0.649. The Morgan fingerprint density at radius 2 is 2.10 bits per heavy atom. The van der Waals surface area contributed by atoms with Crippen LogP contribution in [0.4, 0.5) is 0 Å². The second-order valence-electron chi connectivity index (χ2n) is 6.04. The van der Waals surface area contributed by atoms with Crippen molar-refractivity contribution in [3.63, 3.8) is 0 Å². The van der Waals surface area contributed by atoms with Gasteiger partial charge in [0.05, 0.1) is 11.2 Å². The van der Waals surface area contributed by atoms with Gasteiger partial charge >= 0.3 is 0 Å². The highest BCUT2D eigenvalue weighted by atomic mass is 15.3. The number of hydrazine groups is 1. The number of hydrogen-bond acceptors (Lipinski definition) is 3. The first-order valence-corrected chi connectivity index (χ1v) is 7.64. The van der Waals surface area contributed by atoms with Gasteiger partial charge in [-0.05, 0) is 18.4 Å². The largest absolute Gasteiger partial charge is 0.271 e. The average Bonchev–Trinajstić information content (AvgIpc) is 3.08. The fourth-order valence-electron chi connectivity index (χ4n) is 3.53. The lowest BCUT2D eigenvalue weighted by Gasteiger charge is -2.18. The van der Waals surface area contributed by atoms with Crippen LogP contribution in [0.5, 0.6) is 0 Å². The van der Waals surface area contributed by atoms with Crippen LogP contribution < -0.4 is 11.3 Å². The Balaban J connectivity index is 1.76. The van der Waals surface area contributed by atoms with Crippen LogP contribution >= 0.6 is 0 Å². The molecule has 1 saturated carbocycles. The van der Waals surface area contributed by atoms with Crippen LogP contribution in [0.3, 0.4) is 0 Å². The molecule has 1 heterocycles. The Morgan fingerprint density at radius 1 is 1.35 bits per heavy atom. The van der Waals surface area contributed by atoms with Gasteiger partial charge in [-0.25, -0.2) is 0 Å². The summed E-state index contributed by atoms with van der Waals surface area (Å²) in [5.41, 5.74) is 5.35. The Bertz CT molecular complexity index is 569. The molecule has 4 nitrogen and oxygen atoms in total. The zero-order valence-corrected chi connectivity index (χ0v) is 12.2. The lowest BCUT2D eigenvalue weighted by molar-refractivity contribution is 0.387. The number of rotatable bonds is 5. The Morgan fingerprint density at radius 3 is 2.85 bits per heavy atom. The van der Waals surface area contributed by atoms with Crippen LogP contribution in [0.2, 0.25) is 0 Å². The maximum Gasteiger partial charge on any atom is 0.0719 e. The summed E-state index contributed by atoms with van der Waals surface area (Å²) >= 11 is 0. The van der Waals surface area contributed by atoms with E-state index in [4.69, 9.17) is 5.84 Å². The molecule has 1 aliphatic rings. The molecule has 1 atom stereocenters. The Labute approximate surface area is 120 Å². The second kappa shape index (κ2) is 5.94. The number of fused-ring (bicyclic) bond motifs is 1. The highest BCUT2D eigenvalue weighted by Gasteiger charge is 2.21. The zero-order valence-electron chi connectivity index (χ0n) is 12.2. The molecule has 108 valence electrons. The third-order valence-corrected chi connectivity index (χ3v) is 4.60. The third kappa shape index (κ3) is 2.72. The molecule has 0 amide bonds. The van der Waals surface area contributed by atoms with Gasteiger partial charge in [0.2, 0.25) is 0 Å². The summed E-state index contributed by atoms with van der Waals surface area (Å²) in [7, 11) is 2.01. The number of hydrogen-bond donors (Lipinski definition) is 2. The molecule has 0 saturated heterocycles. The fourth-order valence-corrected chi connectivity index (χ4v) is 3.53. The highest BCUT2D eigenvalue weighted by Crippen LogP contribution is 2.29. The van der Waals surface area contributed by atoms with Gasteiger partial charge in [0.25, 0.3) is 0 Å². The molecule has 1 aliphatic carbocycles. The predicted octanol–water partition coefficient (Wildman–Crippen LogP) is 2.53. The van der Waals surface area contributed by atoms with E-state index in [1.807, 2.05) is 11.7 Å². The van der Waals surface area contributed by atoms with E-state index in [-0.39, 0.29) is 0 Å². The second-order valence-corrected chi connectivity index (χ2v) is 6.04. The summed E-state index contributed by atoms with van der Waals surface area (Å²) in [6.07, 6.45) is 7.57. The summed E-state index contributed by atoms with van der Waals surface area (Å²) in [4.78, 5) is 0. The average molecular weight is 272 g/mol. The van der Waals surface area contributed by atoms with Crippen molar-refractivity contribution in [1.82, 2.24) is 15.2 Å². The maximum atomic E-state index is 5.77. The molecule has 0 radical (unpaired) electrons. The molecule has 3 N–H and O–H groups in total. The van der Waals surface area contributed by atoms with E-state index in [9.17, 15) is 0 Å². The van der Waals surface area contributed by atoms with Gasteiger partial charge in [-0.15, -0.1) is 0 Å². The van der Waals surface area contributed by atoms with Gasteiger partial charge in [0.1, 0.15) is 0 Å². The van der Waals surface area contributed by atoms with E-state index in [1.165, 1.54) is 43.0 Å².